The molecule has 0 bridgehead atoms. The van der Waals surface area contributed by atoms with Gasteiger partial charge in [0.1, 0.15) is 0 Å². The molecule has 0 spiro atoms. The van der Waals surface area contributed by atoms with Crippen molar-refractivity contribution in [2.24, 2.45) is 11.7 Å². The topological polar surface area (TPSA) is 49.6 Å². The van der Waals surface area contributed by atoms with Crippen molar-refractivity contribution in [1.82, 2.24) is 9.80 Å². The van der Waals surface area contributed by atoms with Gasteiger partial charge in [0.25, 0.3) is 0 Å². The van der Waals surface area contributed by atoms with E-state index in [1.54, 1.807) is 0 Å². The SMILES string of the molecule is CC(C)CCC(=O)N1CCN(CCN)CC1. The number of nitrogens with two attached hydrogens (primary N) is 1. The summed E-state index contributed by atoms with van der Waals surface area (Å²) in [7, 11) is 0. The van der Waals surface area contributed by atoms with E-state index in [1.165, 1.54) is 0 Å². The minimum absolute atomic E-state index is 0.320. The van der Waals surface area contributed by atoms with Crippen molar-refractivity contribution in [2.45, 2.75) is 26.7 Å². The molecule has 1 saturated heterocycles. The fraction of sp³-hybridized carbons (Fsp3) is 0.917. The normalized spacial score (nSPS) is 18.1. The van der Waals surface area contributed by atoms with Crippen molar-refractivity contribution in [3.8, 4) is 0 Å². The standard InChI is InChI=1S/C12H25N3O/c1-11(2)3-4-12(16)15-9-7-14(6-5-13)8-10-15/h11H,3-10,13H2,1-2H3. The first kappa shape index (κ1) is 13.5. The van der Waals surface area contributed by atoms with E-state index in [9.17, 15) is 4.79 Å². The maximum absolute atomic E-state index is 11.8. The molecule has 1 heterocycles. The van der Waals surface area contributed by atoms with Gasteiger partial charge in [-0.2, -0.15) is 0 Å². The van der Waals surface area contributed by atoms with Crippen LogP contribution in [0.5, 0.6) is 0 Å². The van der Waals surface area contributed by atoms with Gasteiger partial charge < -0.3 is 10.6 Å². The Kier molecular flexibility index (Phi) is 5.77. The predicted molar refractivity (Wildman–Crippen MR) is 66.1 cm³/mol. The zero-order chi connectivity index (χ0) is 12.0. The summed E-state index contributed by atoms with van der Waals surface area (Å²) < 4.78 is 0. The smallest absolute Gasteiger partial charge is 0.222 e. The van der Waals surface area contributed by atoms with Crippen LogP contribution in [-0.2, 0) is 4.79 Å². The molecule has 94 valence electrons. The highest BCUT2D eigenvalue weighted by Gasteiger charge is 2.20. The van der Waals surface area contributed by atoms with Gasteiger partial charge in [-0.15, -0.1) is 0 Å². The monoisotopic (exact) mass is 227 g/mol. The van der Waals surface area contributed by atoms with Crippen LogP contribution in [0.4, 0.5) is 0 Å². The second-order valence-corrected chi connectivity index (χ2v) is 4.94. The molecule has 0 unspecified atom stereocenters. The van der Waals surface area contributed by atoms with Crippen molar-refractivity contribution in [1.29, 1.82) is 0 Å². The van der Waals surface area contributed by atoms with E-state index in [1.807, 2.05) is 4.90 Å². The van der Waals surface area contributed by atoms with E-state index < -0.39 is 0 Å². The van der Waals surface area contributed by atoms with Crippen LogP contribution in [0.15, 0.2) is 0 Å². The lowest BCUT2D eigenvalue weighted by Crippen LogP contribution is -2.49. The number of nitrogens with zero attached hydrogens (tertiary/aromatic N) is 2. The zero-order valence-electron chi connectivity index (χ0n) is 10.6. The molecule has 1 aliphatic heterocycles. The molecular weight excluding hydrogens is 202 g/mol. The van der Waals surface area contributed by atoms with Crippen molar-refractivity contribution >= 4 is 5.91 Å². The average Bonchev–Trinajstić information content (AvgIpc) is 2.27. The minimum Gasteiger partial charge on any atom is -0.340 e. The Morgan fingerprint density at radius 1 is 1.25 bits per heavy atom. The van der Waals surface area contributed by atoms with Crippen LogP contribution in [-0.4, -0.2) is 55.0 Å². The molecule has 0 aromatic carbocycles. The Labute approximate surface area is 98.8 Å². The number of amides is 1. The maximum atomic E-state index is 11.8. The lowest BCUT2D eigenvalue weighted by atomic mass is 10.1. The van der Waals surface area contributed by atoms with E-state index in [0.29, 0.717) is 24.8 Å². The van der Waals surface area contributed by atoms with E-state index >= 15 is 0 Å². The van der Waals surface area contributed by atoms with Gasteiger partial charge in [-0.3, -0.25) is 9.69 Å². The van der Waals surface area contributed by atoms with Crippen LogP contribution < -0.4 is 5.73 Å². The van der Waals surface area contributed by atoms with Crippen molar-refractivity contribution in [3.05, 3.63) is 0 Å². The molecule has 16 heavy (non-hydrogen) atoms. The molecule has 0 aliphatic carbocycles. The van der Waals surface area contributed by atoms with Crippen LogP contribution in [0.1, 0.15) is 26.7 Å². The average molecular weight is 227 g/mol. The number of piperazine rings is 1. The Balaban J connectivity index is 2.22. The third-order valence-corrected chi connectivity index (χ3v) is 3.11. The van der Waals surface area contributed by atoms with E-state index in [4.69, 9.17) is 5.73 Å². The minimum atomic E-state index is 0.320. The summed E-state index contributed by atoms with van der Waals surface area (Å²) in [5.41, 5.74) is 5.51. The number of carbonyl (C=O) groups excluding carboxylic acids is 1. The number of hydrogen-bond acceptors (Lipinski definition) is 3. The molecule has 1 fully saturated rings. The third kappa shape index (κ3) is 4.49. The Morgan fingerprint density at radius 2 is 1.88 bits per heavy atom. The van der Waals surface area contributed by atoms with Crippen molar-refractivity contribution in [2.75, 3.05) is 39.3 Å². The molecule has 0 radical (unpaired) electrons. The Bertz CT molecular complexity index is 210. The first-order valence-electron chi connectivity index (χ1n) is 6.33. The molecule has 0 aromatic heterocycles. The van der Waals surface area contributed by atoms with Crippen LogP contribution >= 0.6 is 0 Å². The fourth-order valence-corrected chi connectivity index (χ4v) is 1.97. The zero-order valence-corrected chi connectivity index (χ0v) is 10.6. The number of hydrogen-bond donors (Lipinski definition) is 1. The van der Waals surface area contributed by atoms with Crippen LogP contribution in [0.25, 0.3) is 0 Å². The van der Waals surface area contributed by atoms with Gasteiger partial charge in [-0.25, -0.2) is 0 Å². The molecule has 1 rings (SSSR count). The van der Waals surface area contributed by atoms with Crippen LogP contribution in [0.2, 0.25) is 0 Å². The summed E-state index contributed by atoms with van der Waals surface area (Å²) >= 11 is 0. The van der Waals surface area contributed by atoms with Crippen LogP contribution in [0, 0.1) is 5.92 Å². The first-order chi connectivity index (χ1) is 7.63. The van der Waals surface area contributed by atoms with Crippen molar-refractivity contribution in [3.63, 3.8) is 0 Å². The van der Waals surface area contributed by atoms with Crippen molar-refractivity contribution < 1.29 is 4.79 Å². The number of carbonyl (C=O) groups is 1. The van der Waals surface area contributed by atoms with Crippen LogP contribution in [0.3, 0.4) is 0 Å². The molecule has 4 heteroatoms. The highest BCUT2D eigenvalue weighted by atomic mass is 16.2. The van der Waals surface area contributed by atoms with Gasteiger partial charge >= 0.3 is 0 Å². The summed E-state index contributed by atoms with van der Waals surface area (Å²) in [6.07, 6.45) is 1.70. The lowest BCUT2D eigenvalue weighted by Gasteiger charge is -2.34. The summed E-state index contributed by atoms with van der Waals surface area (Å²) in [5.74, 6) is 0.934. The number of rotatable bonds is 5. The first-order valence-corrected chi connectivity index (χ1v) is 6.33. The summed E-state index contributed by atoms with van der Waals surface area (Å²) in [4.78, 5) is 16.2. The second-order valence-electron chi connectivity index (χ2n) is 4.94. The lowest BCUT2D eigenvalue weighted by molar-refractivity contribution is -0.133. The molecule has 4 nitrogen and oxygen atoms in total. The predicted octanol–water partition coefficient (Wildman–Crippen LogP) is 0.526. The molecule has 0 saturated carbocycles. The highest BCUT2D eigenvalue weighted by molar-refractivity contribution is 5.76. The van der Waals surface area contributed by atoms with E-state index in [-0.39, 0.29) is 0 Å². The summed E-state index contributed by atoms with van der Waals surface area (Å²) in [6.45, 7) is 9.68. The Morgan fingerprint density at radius 3 is 2.38 bits per heavy atom. The fourth-order valence-electron chi connectivity index (χ4n) is 1.97. The Hall–Kier alpha value is -0.610. The third-order valence-electron chi connectivity index (χ3n) is 3.11. The highest BCUT2D eigenvalue weighted by Crippen LogP contribution is 2.08. The molecule has 2 N–H and O–H groups in total. The van der Waals surface area contributed by atoms with E-state index in [0.717, 1.165) is 39.1 Å². The van der Waals surface area contributed by atoms with Gasteiger partial charge in [0.15, 0.2) is 0 Å². The molecule has 0 aromatic rings. The molecular formula is C12H25N3O. The summed E-state index contributed by atoms with van der Waals surface area (Å²) in [6, 6.07) is 0. The maximum Gasteiger partial charge on any atom is 0.222 e. The van der Waals surface area contributed by atoms with Gasteiger partial charge in [0.2, 0.25) is 5.91 Å². The summed E-state index contributed by atoms with van der Waals surface area (Å²) in [5, 5.41) is 0. The van der Waals surface area contributed by atoms with E-state index in [2.05, 4.69) is 18.7 Å². The van der Waals surface area contributed by atoms with Gasteiger partial charge in [0.05, 0.1) is 0 Å². The molecule has 0 atom stereocenters. The quantitative estimate of drug-likeness (QED) is 0.745. The largest absolute Gasteiger partial charge is 0.340 e. The van der Waals surface area contributed by atoms with Gasteiger partial charge in [0, 0.05) is 45.7 Å². The molecule has 1 aliphatic rings. The molecule has 1 amide bonds. The van der Waals surface area contributed by atoms with Gasteiger partial charge in [-0.05, 0) is 12.3 Å². The second kappa shape index (κ2) is 6.86. The van der Waals surface area contributed by atoms with Gasteiger partial charge in [-0.1, -0.05) is 13.8 Å².